The molecule has 16 heavy (non-hydrogen) atoms. The molecule has 0 unspecified atom stereocenters. The molecule has 0 radical (unpaired) electrons. The Labute approximate surface area is 93.4 Å². The zero-order valence-corrected chi connectivity index (χ0v) is 9.01. The first-order valence-electron chi connectivity index (χ1n) is 5.22. The number of aromatic nitrogens is 2. The third kappa shape index (κ3) is 1.52. The van der Waals surface area contributed by atoms with Crippen LogP contribution in [-0.4, -0.2) is 23.0 Å². The van der Waals surface area contributed by atoms with Crippen LogP contribution in [0.5, 0.6) is 11.5 Å². The number of benzene rings is 1. The largest absolute Gasteiger partial charge is 0.486 e. The molecule has 0 amide bonds. The summed E-state index contributed by atoms with van der Waals surface area (Å²) in [5, 5.41) is 4.35. The van der Waals surface area contributed by atoms with Crippen LogP contribution in [0.4, 0.5) is 0 Å². The summed E-state index contributed by atoms with van der Waals surface area (Å²) in [4.78, 5) is 0. The summed E-state index contributed by atoms with van der Waals surface area (Å²) >= 11 is 0. The lowest BCUT2D eigenvalue weighted by Crippen LogP contribution is -2.15. The second-order valence-electron chi connectivity index (χ2n) is 3.73. The average molecular weight is 216 g/mol. The Hall–Kier alpha value is -1.97. The Morgan fingerprint density at radius 2 is 1.94 bits per heavy atom. The molecule has 4 heteroatoms. The van der Waals surface area contributed by atoms with Gasteiger partial charge < -0.3 is 9.47 Å². The molecule has 0 fully saturated rings. The summed E-state index contributed by atoms with van der Waals surface area (Å²) in [6, 6.07) is 7.87. The van der Waals surface area contributed by atoms with Gasteiger partial charge in [0.15, 0.2) is 11.5 Å². The summed E-state index contributed by atoms with van der Waals surface area (Å²) in [6.45, 7) is 1.23. The molecule has 1 aromatic heterocycles. The van der Waals surface area contributed by atoms with E-state index in [1.165, 1.54) is 0 Å². The molecule has 1 aliphatic heterocycles. The van der Waals surface area contributed by atoms with E-state index in [0.29, 0.717) is 13.2 Å². The number of nitrogens with zero attached hydrogens (tertiary/aromatic N) is 2. The van der Waals surface area contributed by atoms with E-state index in [4.69, 9.17) is 9.47 Å². The average Bonchev–Trinajstić information content (AvgIpc) is 2.75. The lowest BCUT2D eigenvalue weighted by atomic mass is 10.1. The van der Waals surface area contributed by atoms with Gasteiger partial charge in [0.05, 0.1) is 5.69 Å². The molecule has 1 aliphatic rings. The Morgan fingerprint density at radius 1 is 1.12 bits per heavy atom. The fraction of sp³-hybridized carbons (Fsp3) is 0.250. The third-order valence-electron chi connectivity index (χ3n) is 2.55. The zero-order chi connectivity index (χ0) is 11.0. The predicted octanol–water partition coefficient (Wildman–Crippen LogP) is 1.86. The van der Waals surface area contributed by atoms with Gasteiger partial charge in [-0.1, -0.05) is 0 Å². The summed E-state index contributed by atoms with van der Waals surface area (Å²) in [5.74, 6) is 1.61. The quantitative estimate of drug-likeness (QED) is 0.730. The minimum atomic E-state index is 0.610. The van der Waals surface area contributed by atoms with Gasteiger partial charge in [-0.2, -0.15) is 5.10 Å². The van der Waals surface area contributed by atoms with E-state index in [2.05, 4.69) is 5.10 Å². The van der Waals surface area contributed by atoms with E-state index in [0.717, 1.165) is 22.8 Å². The predicted molar refractivity (Wildman–Crippen MR) is 59.6 cm³/mol. The summed E-state index contributed by atoms with van der Waals surface area (Å²) in [6.07, 6.45) is 1.92. The van der Waals surface area contributed by atoms with Crippen molar-refractivity contribution in [3.8, 4) is 22.8 Å². The van der Waals surface area contributed by atoms with Crippen molar-refractivity contribution in [1.29, 1.82) is 0 Å². The molecule has 3 rings (SSSR count). The lowest BCUT2D eigenvalue weighted by molar-refractivity contribution is 0.171. The molecule has 0 N–H and O–H groups in total. The maximum Gasteiger partial charge on any atom is 0.162 e. The van der Waals surface area contributed by atoms with Crippen LogP contribution in [0.3, 0.4) is 0 Å². The van der Waals surface area contributed by atoms with Gasteiger partial charge in [-0.05, 0) is 24.3 Å². The van der Waals surface area contributed by atoms with Gasteiger partial charge in [0, 0.05) is 18.8 Å². The van der Waals surface area contributed by atoms with Gasteiger partial charge in [-0.3, -0.25) is 4.68 Å². The van der Waals surface area contributed by atoms with Gasteiger partial charge in [-0.25, -0.2) is 0 Å². The summed E-state index contributed by atoms with van der Waals surface area (Å²) in [5.41, 5.74) is 1.99. The van der Waals surface area contributed by atoms with E-state index in [-0.39, 0.29) is 0 Å². The molecule has 82 valence electrons. The molecule has 1 aromatic carbocycles. The first kappa shape index (κ1) is 9.27. The van der Waals surface area contributed by atoms with Crippen molar-refractivity contribution in [3.63, 3.8) is 0 Å². The first-order chi connectivity index (χ1) is 7.83. The van der Waals surface area contributed by atoms with Gasteiger partial charge >= 0.3 is 0 Å². The number of ether oxygens (including phenoxy) is 2. The van der Waals surface area contributed by atoms with Crippen LogP contribution in [0.1, 0.15) is 0 Å². The first-order valence-corrected chi connectivity index (χ1v) is 5.22. The van der Waals surface area contributed by atoms with Crippen LogP contribution in [0.25, 0.3) is 11.3 Å². The van der Waals surface area contributed by atoms with Crippen molar-refractivity contribution in [1.82, 2.24) is 9.78 Å². The number of aryl methyl sites for hydroxylation is 1. The van der Waals surface area contributed by atoms with Gasteiger partial charge in [0.2, 0.25) is 0 Å². The monoisotopic (exact) mass is 216 g/mol. The number of hydrogen-bond acceptors (Lipinski definition) is 3. The highest BCUT2D eigenvalue weighted by Crippen LogP contribution is 2.33. The van der Waals surface area contributed by atoms with E-state index in [1.807, 2.05) is 37.5 Å². The fourth-order valence-electron chi connectivity index (χ4n) is 1.77. The van der Waals surface area contributed by atoms with E-state index < -0.39 is 0 Å². The van der Waals surface area contributed by atoms with Gasteiger partial charge in [-0.15, -0.1) is 0 Å². The Bertz CT molecular complexity index is 519. The van der Waals surface area contributed by atoms with Crippen molar-refractivity contribution in [2.45, 2.75) is 0 Å². The summed E-state index contributed by atoms with van der Waals surface area (Å²) < 4.78 is 12.8. The highest BCUT2D eigenvalue weighted by atomic mass is 16.6. The molecule has 0 saturated carbocycles. The zero-order valence-electron chi connectivity index (χ0n) is 9.01. The smallest absolute Gasteiger partial charge is 0.162 e. The van der Waals surface area contributed by atoms with E-state index in [9.17, 15) is 0 Å². The fourth-order valence-corrected chi connectivity index (χ4v) is 1.77. The maximum absolute atomic E-state index is 5.53. The van der Waals surface area contributed by atoms with Crippen LogP contribution in [0.15, 0.2) is 30.5 Å². The Balaban J connectivity index is 2.02. The number of hydrogen-bond donors (Lipinski definition) is 0. The van der Waals surface area contributed by atoms with Crippen molar-refractivity contribution in [2.75, 3.05) is 13.2 Å². The maximum atomic E-state index is 5.53. The van der Waals surface area contributed by atoms with Crippen molar-refractivity contribution >= 4 is 0 Å². The molecule has 2 aromatic rings. The standard InChI is InChI=1S/C12H12N2O2/c1-14-5-4-10(13-14)9-2-3-11-12(8-9)16-7-6-15-11/h2-5,8H,6-7H2,1H3. The molecule has 0 atom stereocenters. The summed E-state index contributed by atoms with van der Waals surface area (Å²) in [7, 11) is 1.90. The van der Waals surface area contributed by atoms with Gasteiger partial charge in [0.1, 0.15) is 13.2 Å². The van der Waals surface area contributed by atoms with E-state index in [1.54, 1.807) is 4.68 Å². The van der Waals surface area contributed by atoms with Crippen LogP contribution in [0, 0.1) is 0 Å². The van der Waals surface area contributed by atoms with E-state index >= 15 is 0 Å². The molecule has 4 nitrogen and oxygen atoms in total. The van der Waals surface area contributed by atoms with Crippen molar-refractivity contribution < 1.29 is 9.47 Å². The second kappa shape index (κ2) is 3.56. The minimum Gasteiger partial charge on any atom is -0.486 e. The van der Waals surface area contributed by atoms with Gasteiger partial charge in [0.25, 0.3) is 0 Å². The SMILES string of the molecule is Cn1ccc(-c2ccc3c(c2)OCCO3)n1. The Morgan fingerprint density at radius 3 is 2.69 bits per heavy atom. The topological polar surface area (TPSA) is 36.3 Å². The lowest BCUT2D eigenvalue weighted by Gasteiger charge is -2.18. The highest BCUT2D eigenvalue weighted by Gasteiger charge is 2.12. The number of fused-ring (bicyclic) bond motifs is 1. The minimum absolute atomic E-state index is 0.610. The van der Waals surface area contributed by atoms with Crippen LogP contribution >= 0.6 is 0 Å². The molecule has 2 heterocycles. The van der Waals surface area contributed by atoms with Crippen LogP contribution < -0.4 is 9.47 Å². The molecule has 0 spiro atoms. The normalized spacial score (nSPS) is 13.8. The second-order valence-corrected chi connectivity index (χ2v) is 3.73. The third-order valence-corrected chi connectivity index (χ3v) is 2.55. The molecule has 0 bridgehead atoms. The molecule has 0 saturated heterocycles. The van der Waals surface area contributed by atoms with Crippen LogP contribution in [0.2, 0.25) is 0 Å². The van der Waals surface area contributed by atoms with Crippen molar-refractivity contribution in [2.24, 2.45) is 7.05 Å². The molecular weight excluding hydrogens is 204 g/mol. The van der Waals surface area contributed by atoms with Crippen LogP contribution in [-0.2, 0) is 7.05 Å². The molecule has 0 aliphatic carbocycles. The van der Waals surface area contributed by atoms with Crippen molar-refractivity contribution in [3.05, 3.63) is 30.5 Å². The number of rotatable bonds is 1. The highest BCUT2D eigenvalue weighted by molar-refractivity contribution is 5.63. The Kier molecular flexibility index (Phi) is 2.06. The molecular formula is C12H12N2O2.